The topological polar surface area (TPSA) is 235 Å². The third-order valence-electron chi connectivity index (χ3n) is 15.0. The molecule has 4 aromatic heterocycles. The van der Waals surface area contributed by atoms with Crippen LogP contribution in [0.1, 0.15) is 51.4 Å². The molecule has 8 heterocycles. The number of sulfone groups is 1. The molecule has 14 rings (SSSR count). The van der Waals surface area contributed by atoms with Crippen LogP contribution in [-0.2, 0) is 48.2 Å². The van der Waals surface area contributed by atoms with Crippen LogP contribution in [0.15, 0.2) is 173 Å². The van der Waals surface area contributed by atoms with Crippen molar-refractivity contribution in [3.63, 3.8) is 0 Å². The second kappa shape index (κ2) is 25.9. The molecule has 27 heteroatoms. The summed E-state index contributed by atoms with van der Waals surface area (Å²) in [7, 11) is -4.19. The van der Waals surface area contributed by atoms with Gasteiger partial charge >= 0.3 is 0 Å². The number of carbonyl (C=O) groups excluding carboxylic acids is 8. The lowest BCUT2D eigenvalue weighted by atomic mass is 10.2. The van der Waals surface area contributed by atoms with Crippen molar-refractivity contribution in [1.82, 2.24) is 29.7 Å². The van der Waals surface area contributed by atoms with E-state index in [9.17, 15) is 46.8 Å². The van der Waals surface area contributed by atoms with Gasteiger partial charge in [0.15, 0.2) is 17.4 Å². The highest BCUT2D eigenvalue weighted by Gasteiger charge is 2.44. The van der Waals surface area contributed by atoms with Gasteiger partial charge in [0.05, 0.1) is 72.5 Å². The van der Waals surface area contributed by atoms with E-state index in [0.717, 1.165) is 72.2 Å². The number of likely N-dealkylation sites (tertiary alicyclic amines) is 2. The van der Waals surface area contributed by atoms with Crippen LogP contribution in [0.5, 0.6) is 0 Å². The summed E-state index contributed by atoms with van der Waals surface area (Å²) in [6.07, 6.45) is 3.34. The Morgan fingerprint density at radius 3 is 1.00 bits per heavy atom. The maximum atomic E-state index is 13.9. The maximum absolute atomic E-state index is 13.9. The molecule has 0 aliphatic carbocycles. The van der Waals surface area contributed by atoms with Crippen molar-refractivity contribution in [2.75, 3.05) is 22.9 Å². The van der Waals surface area contributed by atoms with Crippen LogP contribution in [0.2, 0.25) is 0 Å². The Labute approximate surface area is 541 Å². The standard InChI is InChI=1S/C34H22N4O6S5.C28H26N4O4S4/c39-29-17-27(47-33-35-23-11-1-3-13-25(23)45-33)31(41)37(29)19-7-5-9-21(15-19)49(43,44)22-10-6-8-20(16-22)38-30(40)18-28(32(38)42)48-34-36-24-12-2-4-14-26(24)46-34;33-23-15-21(39-27-29-17-9-3-5-11-19(17)37-27)25(35)31(23)13-7-1-2-8-14-32-24(34)16-22(26(32)36)40-28-30-18-10-4-6-12-20(18)38-28/h1-16,27-28H,17-18H2;3-6,9-12,21-22H,1-2,7-8,13-16H2. The molecule has 6 aromatic carbocycles. The number of thioether (sulfide) groups is 4. The average Bonchev–Trinajstić information content (AvgIpc) is 2.65. The van der Waals surface area contributed by atoms with E-state index in [-0.39, 0.29) is 70.5 Å². The van der Waals surface area contributed by atoms with Crippen molar-refractivity contribution in [3.05, 3.63) is 146 Å². The molecule has 0 N–H and O–H groups in total. The number of hydrogen-bond acceptors (Lipinski definition) is 22. The number of fused-ring (bicyclic) bond motifs is 4. The minimum absolute atomic E-state index is 0.0470. The normalized spacial score (nSPS) is 19.0. The van der Waals surface area contributed by atoms with Gasteiger partial charge in [-0.2, -0.15) is 0 Å². The van der Waals surface area contributed by atoms with Crippen molar-refractivity contribution in [2.24, 2.45) is 0 Å². The molecular weight excluding hydrogens is 1310 g/mol. The van der Waals surface area contributed by atoms with Gasteiger partial charge in [-0.1, -0.05) is 121 Å². The first-order valence-electron chi connectivity index (χ1n) is 28.1. The lowest BCUT2D eigenvalue weighted by molar-refractivity contribution is -0.140. The summed E-state index contributed by atoms with van der Waals surface area (Å²) in [5.74, 6) is -2.32. The number of rotatable bonds is 19. The number of benzene rings is 6. The van der Waals surface area contributed by atoms with E-state index >= 15 is 0 Å². The summed E-state index contributed by atoms with van der Waals surface area (Å²) in [6, 6.07) is 42.2. The number of para-hydroxylation sites is 4. The molecule has 4 aliphatic rings. The van der Waals surface area contributed by atoms with Gasteiger partial charge in [-0.3, -0.25) is 48.2 Å². The van der Waals surface area contributed by atoms with E-state index in [1.165, 1.54) is 128 Å². The summed E-state index contributed by atoms with van der Waals surface area (Å²) >= 11 is 11.2. The van der Waals surface area contributed by atoms with Gasteiger partial charge in [-0.25, -0.2) is 38.2 Å². The zero-order valence-corrected chi connectivity index (χ0v) is 53.9. The van der Waals surface area contributed by atoms with Crippen LogP contribution in [0.3, 0.4) is 0 Å². The summed E-state index contributed by atoms with van der Waals surface area (Å²) in [4.78, 5) is 127. The fraction of sp³-hybridized carbons (Fsp3) is 0.226. The molecule has 0 saturated carbocycles. The molecule has 10 aromatic rings. The minimum atomic E-state index is -4.19. The molecule has 4 aliphatic heterocycles. The van der Waals surface area contributed by atoms with Gasteiger partial charge in [-0.05, 0) is 97.8 Å². The van der Waals surface area contributed by atoms with E-state index in [1.807, 2.05) is 97.1 Å². The van der Waals surface area contributed by atoms with Crippen LogP contribution in [0.25, 0.3) is 40.9 Å². The summed E-state index contributed by atoms with van der Waals surface area (Å²) in [5, 5.41) is -2.24. The van der Waals surface area contributed by atoms with Crippen molar-refractivity contribution < 1.29 is 46.8 Å². The molecule has 4 saturated heterocycles. The highest BCUT2D eigenvalue weighted by molar-refractivity contribution is 8.03. The molecule has 18 nitrogen and oxygen atoms in total. The number of nitrogens with zero attached hydrogens (tertiary/aromatic N) is 8. The molecule has 4 unspecified atom stereocenters. The largest absolute Gasteiger partial charge is 0.282 e. The van der Waals surface area contributed by atoms with Crippen molar-refractivity contribution in [1.29, 1.82) is 0 Å². The van der Waals surface area contributed by atoms with Crippen LogP contribution < -0.4 is 9.80 Å². The number of thiazole rings is 4. The zero-order chi connectivity index (χ0) is 61.5. The molecule has 89 heavy (non-hydrogen) atoms. The smallest absolute Gasteiger partial charge is 0.247 e. The van der Waals surface area contributed by atoms with E-state index in [4.69, 9.17) is 0 Å². The van der Waals surface area contributed by atoms with Crippen LogP contribution in [0, 0.1) is 0 Å². The van der Waals surface area contributed by atoms with Crippen molar-refractivity contribution >= 4 is 202 Å². The van der Waals surface area contributed by atoms with E-state index in [1.54, 1.807) is 22.7 Å². The molecule has 0 spiro atoms. The van der Waals surface area contributed by atoms with Crippen molar-refractivity contribution in [3.8, 4) is 0 Å². The van der Waals surface area contributed by atoms with E-state index < -0.39 is 54.5 Å². The quantitative estimate of drug-likeness (QED) is 0.0540. The van der Waals surface area contributed by atoms with Crippen LogP contribution in [-0.4, -0.2) is 120 Å². The number of hydrogen-bond donors (Lipinski definition) is 0. The fourth-order valence-corrected chi connectivity index (χ4v) is 21.3. The molecular formula is C62H48N8O10S9. The average molecular weight is 1350 g/mol. The minimum Gasteiger partial charge on any atom is -0.282 e. The Hall–Kier alpha value is -7.21. The van der Waals surface area contributed by atoms with E-state index in [0.29, 0.717) is 34.6 Å². The monoisotopic (exact) mass is 1350 g/mol. The summed E-state index contributed by atoms with van der Waals surface area (Å²) in [5.41, 5.74) is 3.71. The third-order valence-corrected chi connectivity index (χ3v) is 26.0. The molecule has 0 radical (unpaired) electrons. The van der Waals surface area contributed by atoms with Gasteiger partial charge in [0.2, 0.25) is 57.1 Å². The molecule has 450 valence electrons. The Kier molecular flexibility index (Phi) is 17.7. The number of carbonyl (C=O) groups is 8. The first kappa shape index (κ1) is 60.7. The predicted molar refractivity (Wildman–Crippen MR) is 351 cm³/mol. The van der Waals surface area contributed by atoms with Gasteiger partial charge in [0.25, 0.3) is 0 Å². The SMILES string of the molecule is O=C1CC(Sc2nc3ccccc3s2)C(=O)N1CCCCCCN1C(=O)CC(Sc2nc3ccccc3s2)C1=O.O=C1CC(Sc2nc3ccccc3s2)C(=O)N1c1cccc(S(=O)(=O)c2cccc(N3C(=O)CC(Sc4nc5ccccc5s4)C3=O)c2)c1. The Bertz CT molecular complexity index is 4210. The number of unbranched alkanes of at least 4 members (excludes halogenated alkanes) is 3. The molecule has 4 atom stereocenters. The summed E-state index contributed by atoms with van der Waals surface area (Å²) < 4.78 is 34.8. The second-order valence-electron chi connectivity index (χ2n) is 20.8. The highest BCUT2D eigenvalue weighted by Crippen LogP contribution is 2.42. The molecule has 4 fully saturated rings. The van der Waals surface area contributed by atoms with Crippen LogP contribution >= 0.6 is 92.4 Å². The van der Waals surface area contributed by atoms with Gasteiger partial charge in [-0.15, -0.1) is 45.3 Å². The highest BCUT2D eigenvalue weighted by atomic mass is 32.2. The lowest BCUT2D eigenvalue weighted by Gasteiger charge is -2.17. The van der Waals surface area contributed by atoms with E-state index in [2.05, 4.69) is 19.9 Å². The Morgan fingerprint density at radius 1 is 0.371 bits per heavy atom. The summed E-state index contributed by atoms with van der Waals surface area (Å²) in [6.45, 7) is 0.800. The number of aromatic nitrogens is 4. The van der Waals surface area contributed by atoms with Gasteiger partial charge in [0.1, 0.15) is 10.5 Å². The predicted octanol–water partition coefficient (Wildman–Crippen LogP) is 12.2. The number of amides is 8. The van der Waals surface area contributed by atoms with Crippen LogP contribution in [0.4, 0.5) is 11.4 Å². The Balaban J connectivity index is 0.000000167. The third kappa shape index (κ3) is 12.8. The first-order valence-corrected chi connectivity index (χ1v) is 36.3. The molecule has 0 bridgehead atoms. The fourth-order valence-electron chi connectivity index (χ4n) is 10.6. The number of anilines is 2. The maximum Gasteiger partial charge on any atom is 0.247 e. The zero-order valence-electron chi connectivity index (χ0n) is 46.6. The Morgan fingerprint density at radius 2 is 0.674 bits per heavy atom. The second-order valence-corrected chi connectivity index (χ2v) is 32.7. The lowest BCUT2D eigenvalue weighted by Crippen LogP contribution is -2.32. The number of imide groups is 4. The molecule has 8 amide bonds. The van der Waals surface area contributed by atoms with Gasteiger partial charge < -0.3 is 0 Å². The van der Waals surface area contributed by atoms with Gasteiger partial charge in [0, 0.05) is 38.8 Å². The first-order chi connectivity index (χ1) is 43.1. The van der Waals surface area contributed by atoms with Crippen molar-refractivity contribution in [2.45, 2.75) is 99.5 Å².